The molecule has 2 heterocycles. The first kappa shape index (κ1) is 16.9. The number of carbonyl (C=O) groups is 1. The van der Waals surface area contributed by atoms with Crippen molar-refractivity contribution in [2.45, 2.75) is 31.6 Å². The van der Waals surface area contributed by atoms with E-state index in [1.807, 2.05) is 19.9 Å². The monoisotopic (exact) mass is 347 g/mol. The van der Waals surface area contributed by atoms with E-state index in [9.17, 15) is 13.6 Å². The molecule has 6 nitrogen and oxygen atoms in total. The zero-order valence-electron chi connectivity index (χ0n) is 13.8. The van der Waals surface area contributed by atoms with Gasteiger partial charge in [-0.15, -0.1) is 4.31 Å². The van der Waals surface area contributed by atoms with Gasteiger partial charge in [0, 0.05) is 30.5 Å². The third-order valence-electron chi connectivity index (χ3n) is 4.17. The number of hydrogen-bond donors (Lipinski definition) is 2. The Morgan fingerprint density at radius 2 is 1.96 bits per heavy atom. The smallest absolute Gasteiger partial charge is 0.272 e. The minimum atomic E-state index is -3.49. The molecule has 1 aliphatic heterocycles. The lowest BCUT2D eigenvalue weighted by Gasteiger charge is -2.23. The molecule has 1 aromatic carbocycles. The molecule has 0 bridgehead atoms. The van der Waals surface area contributed by atoms with E-state index in [0.29, 0.717) is 24.5 Å². The lowest BCUT2D eigenvalue weighted by Crippen LogP contribution is -2.33. The maximum atomic E-state index is 12.6. The van der Waals surface area contributed by atoms with E-state index in [0.717, 1.165) is 24.1 Å². The van der Waals surface area contributed by atoms with Gasteiger partial charge in [0.25, 0.3) is 5.91 Å². The van der Waals surface area contributed by atoms with Gasteiger partial charge in [-0.25, -0.2) is 0 Å². The van der Waals surface area contributed by atoms with Crippen molar-refractivity contribution < 1.29 is 13.6 Å². The first-order valence-corrected chi connectivity index (χ1v) is 9.40. The summed E-state index contributed by atoms with van der Waals surface area (Å²) < 4.78 is 26.7. The molecule has 1 atom stereocenters. The van der Waals surface area contributed by atoms with Crippen LogP contribution in [-0.2, 0) is 14.6 Å². The number of nitrogens with one attached hydrogen (secondary N) is 2. The lowest BCUT2D eigenvalue weighted by molar-refractivity contribution is 0.102. The average molecular weight is 347 g/mol. The topological polar surface area (TPSA) is 88.3 Å². The summed E-state index contributed by atoms with van der Waals surface area (Å²) in [6, 6.07) is 8.30. The van der Waals surface area contributed by atoms with Gasteiger partial charge in [0.05, 0.1) is 0 Å². The molecule has 1 saturated heterocycles. The summed E-state index contributed by atoms with van der Waals surface area (Å²) >= 11 is 0. The predicted molar refractivity (Wildman–Crippen MR) is 92.6 cm³/mol. The molecule has 1 unspecified atom stereocenters. The Labute approximate surface area is 142 Å². The molecule has 2 aromatic rings. The van der Waals surface area contributed by atoms with Gasteiger partial charge in [-0.05, 0) is 50.5 Å². The highest BCUT2D eigenvalue weighted by atomic mass is 32.3. The first-order chi connectivity index (χ1) is 11.4. The molecule has 0 radical (unpaired) electrons. The van der Waals surface area contributed by atoms with Crippen LogP contribution in [0.2, 0.25) is 0 Å². The van der Waals surface area contributed by atoms with Gasteiger partial charge in [0.1, 0.15) is 5.69 Å². The normalized spacial score (nSPS) is 17.6. The standard InChI is InChI=1S/C17H21N3O3S/c1-12-10-13(2)18-16(12)17(21)19-14-6-5-7-15(11-14)24(22,23)20-8-3-4-9-20/h5-7,10-11H,3-4,8-9H2,1-2H3,(H2-,18,19,21,22,23). The summed E-state index contributed by atoms with van der Waals surface area (Å²) in [4.78, 5) is 15.6. The van der Waals surface area contributed by atoms with Crippen molar-refractivity contribution in [1.29, 1.82) is 0 Å². The van der Waals surface area contributed by atoms with E-state index in [1.54, 1.807) is 18.2 Å². The second kappa shape index (κ2) is 6.51. The van der Waals surface area contributed by atoms with Gasteiger partial charge in [-0.3, -0.25) is 4.79 Å². The van der Waals surface area contributed by atoms with Crippen molar-refractivity contribution in [3.63, 3.8) is 0 Å². The van der Waals surface area contributed by atoms with Crippen LogP contribution in [0.4, 0.5) is 5.69 Å². The molecule has 1 amide bonds. The third kappa shape index (κ3) is 3.28. The van der Waals surface area contributed by atoms with Gasteiger partial charge < -0.3 is 14.9 Å². The van der Waals surface area contributed by atoms with E-state index < -0.39 is 10.4 Å². The van der Waals surface area contributed by atoms with Crippen LogP contribution in [0.3, 0.4) is 0 Å². The van der Waals surface area contributed by atoms with Crippen LogP contribution in [0.1, 0.15) is 34.6 Å². The lowest BCUT2D eigenvalue weighted by atomic mass is 10.2. The SMILES string of the molecule is Cc1cc(C)c(C(=O)Nc2cccc([S+](=O)([O-])N3CCCC3)c2)[nH]1. The van der Waals surface area contributed by atoms with Crippen LogP contribution in [0.5, 0.6) is 0 Å². The van der Waals surface area contributed by atoms with E-state index in [4.69, 9.17) is 0 Å². The Hall–Kier alpha value is -1.96. The minimum absolute atomic E-state index is 0.210. The summed E-state index contributed by atoms with van der Waals surface area (Å²) in [5.74, 6) is -0.281. The van der Waals surface area contributed by atoms with Gasteiger partial charge in [-0.2, -0.15) is 0 Å². The zero-order valence-corrected chi connectivity index (χ0v) is 14.6. The van der Waals surface area contributed by atoms with Crippen LogP contribution in [0, 0.1) is 13.8 Å². The highest BCUT2D eigenvalue weighted by molar-refractivity contribution is 7.95. The first-order valence-electron chi connectivity index (χ1n) is 7.96. The molecule has 128 valence electrons. The van der Waals surface area contributed by atoms with Crippen LogP contribution in [0.25, 0.3) is 0 Å². The van der Waals surface area contributed by atoms with Crippen molar-refractivity contribution in [2.75, 3.05) is 18.4 Å². The predicted octanol–water partition coefficient (Wildman–Crippen LogP) is 2.88. The third-order valence-corrected chi connectivity index (χ3v) is 6.07. The fraction of sp³-hybridized carbons (Fsp3) is 0.353. The van der Waals surface area contributed by atoms with Gasteiger partial charge in [0.2, 0.25) is 0 Å². The summed E-state index contributed by atoms with van der Waals surface area (Å²) in [6.07, 6.45) is 1.78. The number of anilines is 1. The molecule has 1 fully saturated rings. The summed E-state index contributed by atoms with van der Waals surface area (Å²) in [5.41, 5.74) is 2.71. The van der Waals surface area contributed by atoms with Crippen LogP contribution >= 0.6 is 0 Å². The highest BCUT2D eigenvalue weighted by Gasteiger charge is 2.32. The maximum Gasteiger partial charge on any atom is 0.272 e. The minimum Gasteiger partial charge on any atom is -0.593 e. The number of amides is 1. The number of aromatic nitrogens is 1. The van der Waals surface area contributed by atoms with Gasteiger partial charge >= 0.3 is 0 Å². The fourth-order valence-electron chi connectivity index (χ4n) is 2.97. The molecule has 7 heteroatoms. The molecule has 0 aliphatic carbocycles. The number of aryl methyl sites for hydroxylation is 2. The number of H-pyrrole nitrogens is 1. The number of carbonyl (C=O) groups excluding carboxylic acids is 1. The van der Waals surface area contributed by atoms with Crippen LogP contribution < -0.4 is 5.32 Å². The van der Waals surface area contributed by atoms with E-state index in [2.05, 4.69) is 10.3 Å². The van der Waals surface area contributed by atoms with E-state index in [1.165, 1.54) is 10.4 Å². The average Bonchev–Trinajstić information content (AvgIpc) is 3.17. The van der Waals surface area contributed by atoms with Crippen molar-refractivity contribution in [3.8, 4) is 0 Å². The summed E-state index contributed by atoms with van der Waals surface area (Å²) in [5, 5.41) is 2.76. The van der Waals surface area contributed by atoms with Crippen molar-refractivity contribution in [2.24, 2.45) is 0 Å². The second-order valence-corrected chi connectivity index (χ2v) is 8.04. The van der Waals surface area contributed by atoms with Crippen molar-refractivity contribution >= 4 is 22.0 Å². The Bertz CT molecular complexity index is 809. The van der Waals surface area contributed by atoms with Gasteiger partial charge in [-0.1, -0.05) is 10.3 Å². The van der Waals surface area contributed by atoms with E-state index >= 15 is 0 Å². The Kier molecular flexibility index (Phi) is 4.58. The Balaban J connectivity index is 1.81. The summed E-state index contributed by atoms with van der Waals surface area (Å²) in [6.45, 7) is 4.85. The van der Waals surface area contributed by atoms with Crippen LogP contribution in [0.15, 0.2) is 35.2 Å². The van der Waals surface area contributed by atoms with Crippen molar-refractivity contribution in [1.82, 2.24) is 9.29 Å². The van der Waals surface area contributed by atoms with Gasteiger partial charge in [0.15, 0.2) is 15.3 Å². The molecule has 24 heavy (non-hydrogen) atoms. The molecule has 0 spiro atoms. The molecule has 2 N–H and O–H groups in total. The molecular weight excluding hydrogens is 326 g/mol. The molecule has 0 saturated carbocycles. The molecule has 1 aromatic heterocycles. The Morgan fingerprint density at radius 1 is 1.25 bits per heavy atom. The number of rotatable bonds is 4. The molecule has 3 rings (SSSR count). The summed E-state index contributed by atoms with van der Waals surface area (Å²) in [7, 11) is -3.49. The highest BCUT2D eigenvalue weighted by Crippen LogP contribution is 2.27. The number of sulfonamides is 1. The van der Waals surface area contributed by atoms with Crippen molar-refractivity contribution in [3.05, 3.63) is 47.3 Å². The number of benzene rings is 1. The molecule has 1 aliphatic rings. The molecular formula is C17H21N3O3S. The Morgan fingerprint density at radius 3 is 2.58 bits per heavy atom. The largest absolute Gasteiger partial charge is 0.593 e. The maximum absolute atomic E-state index is 12.6. The van der Waals surface area contributed by atoms with Crippen LogP contribution in [-0.4, -0.2) is 32.8 Å². The van der Waals surface area contributed by atoms with E-state index in [-0.39, 0.29) is 10.8 Å². The number of hydrogen-bond acceptors (Lipinski definition) is 3. The number of aromatic amines is 1. The number of nitrogens with zero attached hydrogens (tertiary/aromatic N) is 1. The fourth-order valence-corrected chi connectivity index (χ4v) is 4.53. The quantitative estimate of drug-likeness (QED) is 0.834. The zero-order chi connectivity index (χ0) is 17.3. The second-order valence-electron chi connectivity index (χ2n) is 6.10.